The number of fused-ring (bicyclic) bond motifs is 7. The molecule has 1 heterocycles. The van der Waals surface area contributed by atoms with Gasteiger partial charge < -0.3 is 0 Å². The molecule has 0 fully saturated rings. The van der Waals surface area contributed by atoms with Crippen LogP contribution < -0.4 is 0 Å². The zero-order chi connectivity index (χ0) is 32.7. The maximum Gasteiger partial charge on any atom is 0.0433 e. The van der Waals surface area contributed by atoms with E-state index >= 15 is 0 Å². The molecule has 0 radical (unpaired) electrons. The third-order valence-corrected chi connectivity index (χ3v) is 11.3. The van der Waals surface area contributed by atoms with Gasteiger partial charge in [-0.1, -0.05) is 161 Å². The standard InChI is InChI=1S/C42H30S.2C2H6/c1-3-27-25-42(24-26(27)2)37-15-6-4-10-32(37)35-23-22-30(34-13-9-16-38(42)40(34)35)28-18-20-29(21-19-28)31-12-8-14-36-33-11-5-7-17-39(33)43-41(31)36;2*1-2/h3-23H,1,24-25H2,2H3;2*1-2H3. The lowest BCUT2D eigenvalue weighted by Crippen LogP contribution is -2.28. The molecule has 0 nitrogen and oxygen atoms in total. The fourth-order valence-corrected chi connectivity index (χ4v) is 9.34. The first-order valence-corrected chi connectivity index (χ1v) is 18.0. The Bertz CT molecular complexity index is 2310. The summed E-state index contributed by atoms with van der Waals surface area (Å²) >= 11 is 1.89. The van der Waals surface area contributed by atoms with Crippen LogP contribution in [0.3, 0.4) is 0 Å². The van der Waals surface area contributed by atoms with Crippen LogP contribution in [0.5, 0.6) is 0 Å². The van der Waals surface area contributed by atoms with Crippen LogP contribution in [0.1, 0.15) is 58.6 Å². The molecule has 9 rings (SSSR count). The third-order valence-electron chi connectivity index (χ3n) is 10.1. The van der Waals surface area contributed by atoms with E-state index in [0.29, 0.717) is 0 Å². The zero-order valence-electron chi connectivity index (χ0n) is 28.2. The summed E-state index contributed by atoms with van der Waals surface area (Å²) in [6.07, 6.45) is 4.14. The van der Waals surface area contributed by atoms with E-state index in [1.54, 1.807) is 0 Å². The molecule has 1 unspecified atom stereocenters. The Kier molecular flexibility index (Phi) is 8.20. The molecule has 0 N–H and O–H groups in total. The number of allylic oxidation sites excluding steroid dienone is 3. The molecule has 47 heavy (non-hydrogen) atoms. The van der Waals surface area contributed by atoms with Gasteiger partial charge in [0, 0.05) is 25.6 Å². The Morgan fingerprint density at radius 2 is 1.15 bits per heavy atom. The van der Waals surface area contributed by atoms with E-state index in [0.717, 1.165) is 12.8 Å². The van der Waals surface area contributed by atoms with Crippen LogP contribution in [0.15, 0.2) is 145 Å². The number of hydrogen-bond donors (Lipinski definition) is 0. The monoisotopic (exact) mass is 626 g/mol. The summed E-state index contributed by atoms with van der Waals surface area (Å²) in [6.45, 7) is 14.5. The van der Waals surface area contributed by atoms with Crippen molar-refractivity contribution < 1.29 is 0 Å². The fraction of sp³-hybridized carbons (Fsp3) is 0.174. The van der Waals surface area contributed by atoms with E-state index in [2.05, 4.69) is 141 Å². The Balaban J connectivity index is 0.000000848. The summed E-state index contributed by atoms with van der Waals surface area (Å²) < 4.78 is 2.71. The molecule has 1 atom stereocenters. The Hall–Kier alpha value is -4.72. The van der Waals surface area contributed by atoms with Crippen molar-refractivity contribution in [2.75, 3.05) is 0 Å². The molecule has 0 bridgehead atoms. The van der Waals surface area contributed by atoms with E-state index in [-0.39, 0.29) is 5.41 Å². The van der Waals surface area contributed by atoms with Crippen LogP contribution in [-0.4, -0.2) is 0 Å². The van der Waals surface area contributed by atoms with E-state index < -0.39 is 0 Å². The normalized spacial score (nSPS) is 16.1. The molecule has 0 saturated heterocycles. The van der Waals surface area contributed by atoms with Crippen LogP contribution in [0.25, 0.3) is 64.3 Å². The van der Waals surface area contributed by atoms with Crippen molar-refractivity contribution in [1.29, 1.82) is 0 Å². The molecule has 232 valence electrons. The molecule has 0 aliphatic heterocycles. The zero-order valence-corrected chi connectivity index (χ0v) is 29.0. The van der Waals surface area contributed by atoms with Gasteiger partial charge in [-0.2, -0.15) is 0 Å². The minimum atomic E-state index is -0.0396. The lowest BCUT2D eigenvalue weighted by atomic mass is 9.64. The summed E-state index contributed by atoms with van der Waals surface area (Å²) in [4.78, 5) is 0. The predicted molar refractivity (Wildman–Crippen MR) is 209 cm³/mol. The number of rotatable bonds is 3. The van der Waals surface area contributed by atoms with E-state index in [9.17, 15) is 0 Å². The van der Waals surface area contributed by atoms with Gasteiger partial charge in [0.1, 0.15) is 0 Å². The lowest BCUT2D eigenvalue weighted by molar-refractivity contribution is 0.548. The van der Waals surface area contributed by atoms with Gasteiger partial charge in [0.2, 0.25) is 0 Å². The van der Waals surface area contributed by atoms with Gasteiger partial charge in [0.15, 0.2) is 0 Å². The first kappa shape index (κ1) is 30.9. The summed E-state index contributed by atoms with van der Waals surface area (Å²) in [6, 6.07) is 45.5. The van der Waals surface area contributed by atoms with Gasteiger partial charge in [-0.15, -0.1) is 11.3 Å². The molecule has 6 aromatic carbocycles. The van der Waals surface area contributed by atoms with Crippen molar-refractivity contribution in [3.8, 4) is 33.4 Å². The summed E-state index contributed by atoms with van der Waals surface area (Å²) in [5.41, 5.74) is 13.6. The maximum absolute atomic E-state index is 4.17. The molecule has 1 spiro atoms. The molecular formula is C46H42S. The second kappa shape index (κ2) is 12.5. The van der Waals surface area contributed by atoms with Crippen LogP contribution in [-0.2, 0) is 5.41 Å². The van der Waals surface area contributed by atoms with Gasteiger partial charge in [0.05, 0.1) is 0 Å². The number of thiophene rings is 1. The molecule has 0 saturated carbocycles. The summed E-state index contributed by atoms with van der Waals surface area (Å²) in [5, 5.41) is 5.44. The van der Waals surface area contributed by atoms with Crippen molar-refractivity contribution in [3.63, 3.8) is 0 Å². The average molecular weight is 627 g/mol. The predicted octanol–water partition coefficient (Wildman–Crippen LogP) is 14.2. The molecule has 2 aliphatic rings. The summed E-state index contributed by atoms with van der Waals surface area (Å²) in [7, 11) is 0. The van der Waals surface area contributed by atoms with Gasteiger partial charge in [-0.3, -0.25) is 0 Å². The van der Waals surface area contributed by atoms with Crippen molar-refractivity contribution in [2.24, 2.45) is 0 Å². The van der Waals surface area contributed by atoms with E-state index in [1.807, 2.05) is 39.0 Å². The van der Waals surface area contributed by atoms with Crippen LogP contribution in [0.2, 0.25) is 0 Å². The SMILES string of the molecule is C=CC1=C(C)CC2(C1)c1ccccc1-c1ccc(-c3ccc(-c4cccc5c4sc4ccccc45)cc3)c3cccc2c13.CC.CC. The van der Waals surface area contributed by atoms with Crippen LogP contribution in [0, 0.1) is 0 Å². The van der Waals surface area contributed by atoms with Crippen LogP contribution >= 0.6 is 11.3 Å². The first-order chi connectivity index (χ1) is 23.2. The van der Waals surface area contributed by atoms with Crippen molar-refractivity contribution >= 4 is 42.3 Å². The highest BCUT2D eigenvalue weighted by atomic mass is 32.1. The minimum Gasteiger partial charge on any atom is -0.135 e. The second-order valence-corrected chi connectivity index (χ2v) is 13.3. The Morgan fingerprint density at radius 1 is 0.553 bits per heavy atom. The largest absolute Gasteiger partial charge is 0.135 e. The second-order valence-electron chi connectivity index (χ2n) is 12.2. The molecule has 1 heteroatoms. The van der Waals surface area contributed by atoms with Gasteiger partial charge in [0.25, 0.3) is 0 Å². The molecule has 0 amide bonds. The van der Waals surface area contributed by atoms with Gasteiger partial charge >= 0.3 is 0 Å². The highest BCUT2D eigenvalue weighted by Crippen LogP contribution is 2.58. The molecule has 7 aromatic rings. The lowest BCUT2D eigenvalue weighted by Gasteiger charge is -2.39. The van der Waals surface area contributed by atoms with Crippen molar-refractivity contribution in [1.82, 2.24) is 0 Å². The number of hydrogen-bond acceptors (Lipinski definition) is 1. The van der Waals surface area contributed by atoms with E-state index in [4.69, 9.17) is 0 Å². The fourth-order valence-electron chi connectivity index (χ4n) is 8.10. The minimum absolute atomic E-state index is 0.0396. The highest BCUT2D eigenvalue weighted by molar-refractivity contribution is 7.26. The molecular weight excluding hydrogens is 585 g/mol. The average Bonchev–Trinajstić information content (AvgIpc) is 3.70. The van der Waals surface area contributed by atoms with Crippen LogP contribution in [0.4, 0.5) is 0 Å². The smallest absolute Gasteiger partial charge is 0.0433 e. The van der Waals surface area contributed by atoms with Crippen molar-refractivity contribution in [2.45, 2.75) is 52.9 Å². The quantitative estimate of drug-likeness (QED) is 0.183. The molecule has 1 aromatic heterocycles. The van der Waals surface area contributed by atoms with Crippen molar-refractivity contribution in [3.05, 3.63) is 156 Å². The van der Waals surface area contributed by atoms with Gasteiger partial charge in [-0.25, -0.2) is 0 Å². The maximum atomic E-state index is 4.17. The summed E-state index contributed by atoms with van der Waals surface area (Å²) in [5.74, 6) is 0. The highest BCUT2D eigenvalue weighted by Gasteiger charge is 2.44. The number of benzene rings is 6. The Labute approximate surface area is 283 Å². The van der Waals surface area contributed by atoms with Gasteiger partial charge in [-0.05, 0) is 86.7 Å². The molecule has 2 aliphatic carbocycles. The third kappa shape index (κ3) is 4.71. The topological polar surface area (TPSA) is 0 Å². The van der Waals surface area contributed by atoms with E-state index in [1.165, 1.54) is 86.6 Å². The Morgan fingerprint density at radius 3 is 1.91 bits per heavy atom. The first-order valence-electron chi connectivity index (χ1n) is 17.1.